The van der Waals surface area contributed by atoms with Crippen LogP contribution in [0.15, 0.2) is 30.5 Å². The topological polar surface area (TPSA) is 72.3 Å². The number of carboxylic acid groups (broad SMARTS) is 1. The number of aromatic carboxylic acids is 1. The third-order valence-electron chi connectivity index (χ3n) is 2.83. The predicted molar refractivity (Wildman–Crippen MR) is 75.6 cm³/mol. The van der Waals surface area contributed by atoms with E-state index in [1.807, 2.05) is 0 Å². The summed E-state index contributed by atoms with van der Waals surface area (Å²) in [6.07, 6.45) is -5.89. The third kappa shape index (κ3) is 4.10. The van der Waals surface area contributed by atoms with Gasteiger partial charge in [0.05, 0.1) is 6.20 Å². The monoisotopic (exact) mass is 346 g/mol. The first-order chi connectivity index (χ1) is 10.7. The van der Waals surface area contributed by atoms with Crippen molar-refractivity contribution in [1.82, 2.24) is 9.97 Å². The Morgan fingerprint density at radius 3 is 2.43 bits per heavy atom. The molecule has 1 aromatic heterocycles. The van der Waals surface area contributed by atoms with Gasteiger partial charge in [0, 0.05) is 10.6 Å². The van der Waals surface area contributed by atoms with Crippen LogP contribution in [-0.4, -0.2) is 33.3 Å². The Morgan fingerprint density at radius 2 is 1.91 bits per heavy atom. The average molecular weight is 347 g/mol. The molecule has 1 atom stereocenters. The molecule has 0 aliphatic carbocycles. The first-order valence-corrected chi connectivity index (χ1v) is 6.66. The molecule has 1 heterocycles. The SMILES string of the molecule is C[C@H](Oc1ncc(C(=O)O)nc1-c1ccc(Cl)cc1)C(F)(F)F. The first-order valence-electron chi connectivity index (χ1n) is 6.28. The van der Waals surface area contributed by atoms with Crippen molar-refractivity contribution in [3.05, 3.63) is 41.2 Å². The van der Waals surface area contributed by atoms with Gasteiger partial charge in [-0.1, -0.05) is 23.7 Å². The number of aromatic nitrogens is 2. The number of carbonyl (C=O) groups is 1. The molecule has 122 valence electrons. The van der Waals surface area contributed by atoms with Crippen LogP contribution in [0.3, 0.4) is 0 Å². The van der Waals surface area contributed by atoms with Crippen molar-refractivity contribution in [1.29, 1.82) is 0 Å². The molecule has 0 radical (unpaired) electrons. The second kappa shape index (κ2) is 6.41. The highest BCUT2D eigenvalue weighted by molar-refractivity contribution is 6.30. The minimum atomic E-state index is -4.59. The second-order valence-electron chi connectivity index (χ2n) is 4.52. The fraction of sp³-hybridized carbons (Fsp3) is 0.214. The largest absolute Gasteiger partial charge is 0.476 e. The van der Waals surface area contributed by atoms with Crippen LogP contribution < -0.4 is 4.74 Å². The number of ether oxygens (including phenoxy) is 1. The molecular formula is C14H10ClF3N2O3. The molecule has 0 fully saturated rings. The van der Waals surface area contributed by atoms with Gasteiger partial charge in [-0.3, -0.25) is 0 Å². The lowest BCUT2D eigenvalue weighted by molar-refractivity contribution is -0.189. The molecule has 1 N–H and O–H groups in total. The highest BCUT2D eigenvalue weighted by Gasteiger charge is 2.39. The van der Waals surface area contributed by atoms with E-state index in [0.717, 1.165) is 13.1 Å². The molecule has 0 aliphatic heterocycles. The molecule has 0 saturated heterocycles. The predicted octanol–water partition coefficient (Wildman–Crippen LogP) is 3.82. The van der Waals surface area contributed by atoms with Crippen molar-refractivity contribution >= 4 is 17.6 Å². The van der Waals surface area contributed by atoms with E-state index >= 15 is 0 Å². The smallest absolute Gasteiger partial charge is 0.425 e. The quantitative estimate of drug-likeness (QED) is 0.911. The summed E-state index contributed by atoms with van der Waals surface area (Å²) < 4.78 is 42.7. The fourth-order valence-electron chi connectivity index (χ4n) is 1.60. The lowest BCUT2D eigenvalue weighted by Gasteiger charge is -2.18. The van der Waals surface area contributed by atoms with Crippen molar-refractivity contribution in [2.24, 2.45) is 0 Å². The maximum Gasteiger partial charge on any atom is 0.425 e. The summed E-state index contributed by atoms with van der Waals surface area (Å²) in [5.41, 5.74) is -0.200. The van der Waals surface area contributed by atoms with Gasteiger partial charge in [0.25, 0.3) is 0 Å². The lowest BCUT2D eigenvalue weighted by atomic mass is 10.1. The Kier molecular flexibility index (Phi) is 4.74. The minimum Gasteiger partial charge on any atom is -0.476 e. The number of nitrogens with zero attached hydrogens (tertiary/aromatic N) is 2. The second-order valence-corrected chi connectivity index (χ2v) is 4.96. The molecule has 23 heavy (non-hydrogen) atoms. The average Bonchev–Trinajstić information content (AvgIpc) is 2.47. The molecule has 1 aromatic carbocycles. The van der Waals surface area contributed by atoms with E-state index in [2.05, 4.69) is 9.97 Å². The maximum atomic E-state index is 12.6. The normalized spacial score (nSPS) is 12.7. The Hall–Kier alpha value is -2.35. The molecule has 0 saturated carbocycles. The molecule has 9 heteroatoms. The first kappa shape index (κ1) is 17.0. The Bertz CT molecular complexity index is 720. The summed E-state index contributed by atoms with van der Waals surface area (Å²) in [5, 5.41) is 9.36. The van der Waals surface area contributed by atoms with Gasteiger partial charge in [0.15, 0.2) is 11.8 Å². The molecular weight excluding hydrogens is 337 g/mol. The number of carboxylic acids is 1. The summed E-state index contributed by atoms with van der Waals surface area (Å²) in [5.74, 6) is -1.77. The Balaban J connectivity index is 2.49. The number of halogens is 4. The number of alkyl halides is 3. The van der Waals surface area contributed by atoms with Crippen LogP contribution in [0.25, 0.3) is 11.3 Å². The van der Waals surface area contributed by atoms with Gasteiger partial charge in [-0.25, -0.2) is 14.8 Å². The van der Waals surface area contributed by atoms with Gasteiger partial charge >= 0.3 is 12.1 Å². The van der Waals surface area contributed by atoms with E-state index in [-0.39, 0.29) is 5.69 Å². The number of hydrogen-bond acceptors (Lipinski definition) is 4. The highest BCUT2D eigenvalue weighted by atomic mass is 35.5. The zero-order chi connectivity index (χ0) is 17.2. The van der Waals surface area contributed by atoms with E-state index in [9.17, 15) is 18.0 Å². The number of hydrogen-bond donors (Lipinski definition) is 1. The molecule has 0 amide bonds. The Labute approximate surface area is 133 Å². The summed E-state index contributed by atoms with van der Waals surface area (Å²) in [6, 6.07) is 5.93. The number of rotatable bonds is 4. The zero-order valence-electron chi connectivity index (χ0n) is 11.6. The Morgan fingerprint density at radius 1 is 1.30 bits per heavy atom. The van der Waals surface area contributed by atoms with Crippen molar-refractivity contribution < 1.29 is 27.8 Å². The summed E-state index contributed by atoms with van der Waals surface area (Å²) >= 11 is 5.75. The fourth-order valence-corrected chi connectivity index (χ4v) is 1.72. The van der Waals surface area contributed by atoms with E-state index in [1.54, 1.807) is 0 Å². The van der Waals surface area contributed by atoms with Crippen LogP contribution in [0.4, 0.5) is 13.2 Å². The molecule has 2 rings (SSSR count). The standard InChI is InChI=1S/C14H10ClF3N2O3/c1-7(14(16,17)18)23-12-11(8-2-4-9(15)5-3-8)20-10(6-19-12)13(21)22/h2-7H,1H3,(H,21,22)/t7-/m0/s1. The molecule has 2 aromatic rings. The van der Waals surface area contributed by atoms with Gasteiger partial charge in [0.1, 0.15) is 5.69 Å². The third-order valence-corrected chi connectivity index (χ3v) is 3.08. The zero-order valence-corrected chi connectivity index (χ0v) is 12.4. The van der Waals surface area contributed by atoms with Crippen molar-refractivity contribution in [3.63, 3.8) is 0 Å². The summed E-state index contributed by atoms with van der Waals surface area (Å²) in [4.78, 5) is 18.5. The van der Waals surface area contributed by atoms with Crippen LogP contribution in [0.2, 0.25) is 5.02 Å². The van der Waals surface area contributed by atoms with E-state index in [0.29, 0.717) is 10.6 Å². The van der Waals surface area contributed by atoms with Crippen LogP contribution >= 0.6 is 11.6 Å². The van der Waals surface area contributed by atoms with Crippen LogP contribution in [0, 0.1) is 0 Å². The van der Waals surface area contributed by atoms with Gasteiger partial charge < -0.3 is 9.84 Å². The molecule has 0 bridgehead atoms. The molecule has 5 nitrogen and oxygen atoms in total. The van der Waals surface area contributed by atoms with Crippen LogP contribution in [0.5, 0.6) is 5.88 Å². The minimum absolute atomic E-state index is 0.113. The summed E-state index contributed by atoms with van der Waals surface area (Å²) in [6.45, 7) is 0.818. The lowest BCUT2D eigenvalue weighted by Crippen LogP contribution is -2.31. The highest BCUT2D eigenvalue weighted by Crippen LogP contribution is 2.31. The van der Waals surface area contributed by atoms with Crippen molar-refractivity contribution in [2.75, 3.05) is 0 Å². The van der Waals surface area contributed by atoms with Crippen LogP contribution in [-0.2, 0) is 0 Å². The molecule has 0 spiro atoms. The van der Waals surface area contributed by atoms with Gasteiger partial charge in [0.2, 0.25) is 5.88 Å². The van der Waals surface area contributed by atoms with Crippen molar-refractivity contribution in [3.8, 4) is 17.1 Å². The van der Waals surface area contributed by atoms with Crippen molar-refractivity contribution in [2.45, 2.75) is 19.2 Å². The van der Waals surface area contributed by atoms with E-state index < -0.39 is 29.8 Å². The van der Waals surface area contributed by atoms with E-state index in [1.165, 1.54) is 24.3 Å². The molecule has 0 aliphatic rings. The number of benzene rings is 1. The van der Waals surface area contributed by atoms with E-state index in [4.69, 9.17) is 21.4 Å². The van der Waals surface area contributed by atoms with Gasteiger partial charge in [-0.2, -0.15) is 13.2 Å². The van der Waals surface area contributed by atoms with Gasteiger partial charge in [-0.15, -0.1) is 0 Å². The van der Waals surface area contributed by atoms with Gasteiger partial charge in [-0.05, 0) is 19.1 Å². The summed E-state index contributed by atoms with van der Waals surface area (Å²) in [7, 11) is 0. The maximum absolute atomic E-state index is 12.6. The van der Waals surface area contributed by atoms with Crippen LogP contribution in [0.1, 0.15) is 17.4 Å². The molecule has 0 unspecified atom stereocenters.